The normalized spacial score (nSPS) is 10.9. The Morgan fingerprint density at radius 1 is 1.07 bits per heavy atom. The molecule has 136 valence electrons. The minimum absolute atomic E-state index is 0.0896. The molecule has 27 heavy (non-hydrogen) atoms. The third kappa shape index (κ3) is 3.34. The monoisotopic (exact) mass is 382 g/mol. The maximum Gasteiger partial charge on any atom is 0.231 e. The van der Waals surface area contributed by atoms with E-state index in [4.69, 9.17) is 9.47 Å². The van der Waals surface area contributed by atoms with Crippen molar-refractivity contribution >= 4 is 21.6 Å². The lowest BCUT2D eigenvalue weighted by molar-refractivity contribution is 0.280. The predicted molar refractivity (Wildman–Crippen MR) is 102 cm³/mol. The summed E-state index contributed by atoms with van der Waals surface area (Å²) in [7, 11) is 1.54. The van der Waals surface area contributed by atoms with Gasteiger partial charge in [0.2, 0.25) is 5.88 Å². The Bertz CT molecular complexity index is 1100. The zero-order chi connectivity index (χ0) is 18.8. The van der Waals surface area contributed by atoms with Crippen LogP contribution in [0.2, 0.25) is 0 Å². The van der Waals surface area contributed by atoms with Crippen molar-refractivity contribution in [2.24, 2.45) is 0 Å². The molecule has 0 bridgehead atoms. The summed E-state index contributed by atoms with van der Waals surface area (Å²) in [6.45, 7) is -0.0896. The number of aliphatic hydroxyl groups is 1. The Balaban J connectivity index is 1.81. The summed E-state index contributed by atoms with van der Waals surface area (Å²) >= 11 is 1.46. The van der Waals surface area contributed by atoms with Gasteiger partial charge in [-0.05, 0) is 35.4 Å². The summed E-state index contributed by atoms with van der Waals surface area (Å²) in [6.07, 6.45) is 1.44. The van der Waals surface area contributed by atoms with E-state index in [1.165, 1.54) is 36.9 Å². The molecular formula is C20H15FN2O3S. The van der Waals surface area contributed by atoms with Crippen LogP contribution in [0, 0.1) is 5.82 Å². The Kier molecular flexibility index (Phi) is 4.70. The van der Waals surface area contributed by atoms with E-state index >= 15 is 0 Å². The van der Waals surface area contributed by atoms with Gasteiger partial charge in [-0.3, -0.25) is 0 Å². The van der Waals surface area contributed by atoms with Crippen LogP contribution in [0.15, 0.2) is 54.2 Å². The van der Waals surface area contributed by atoms with Gasteiger partial charge in [0.1, 0.15) is 17.0 Å². The highest BCUT2D eigenvalue weighted by Crippen LogP contribution is 2.40. The molecule has 1 N–H and O–H groups in total. The molecular weight excluding hydrogens is 367 g/mol. The Morgan fingerprint density at radius 3 is 2.63 bits per heavy atom. The van der Waals surface area contributed by atoms with E-state index in [1.54, 1.807) is 30.3 Å². The third-order valence-electron chi connectivity index (χ3n) is 4.11. The van der Waals surface area contributed by atoms with Crippen LogP contribution in [0.4, 0.5) is 4.39 Å². The van der Waals surface area contributed by atoms with Crippen molar-refractivity contribution in [1.82, 2.24) is 9.97 Å². The van der Waals surface area contributed by atoms with Crippen molar-refractivity contribution in [2.75, 3.05) is 7.11 Å². The van der Waals surface area contributed by atoms with Crippen molar-refractivity contribution in [1.29, 1.82) is 0 Å². The van der Waals surface area contributed by atoms with E-state index < -0.39 is 0 Å². The summed E-state index contributed by atoms with van der Waals surface area (Å²) in [5.41, 5.74) is 2.44. The second kappa shape index (κ2) is 7.30. The van der Waals surface area contributed by atoms with Crippen LogP contribution < -0.4 is 9.47 Å². The molecule has 0 aliphatic heterocycles. The zero-order valence-electron chi connectivity index (χ0n) is 14.3. The molecule has 0 radical (unpaired) electrons. The highest BCUT2D eigenvalue weighted by molar-refractivity contribution is 7.17. The van der Waals surface area contributed by atoms with Crippen LogP contribution in [0.1, 0.15) is 5.56 Å². The van der Waals surface area contributed by atoms with Crippen molar-refractivity contribution in [3.63, 3.8) is 0 Å². The molecule has 4 rings (SSSR count). The first-order chi connectivity index (χ1) is 13.2. The number of hydrogen-bond donors (Lipinski definition) is 1. The minimum Gasteiger partial charge on any atom is -0.493 e. The number of benzene rings is 2. The fourth-order valence-corrected chi connectivity index (χ4v) is 3.67. The topological polar surface area (TPSA) is 64.5 Å². The number of ether oxygens (including phenoxy) is 2. The molecule has 0 spiro atoms. The molecule has 0 fully saturated rings. The second-order valence-corrected chi connectivity index (χ2v) is 6.62. The summed E-state index contributed by atoms with van der Waals surface area (Å²) < 4.78 is 24.7. The summed E-state index contributed by atoms with van der Waals surface area (Å²) in [6, 6.07) is 11.4. The number of rotatable bonds is 5. The molecule has 0 aliphatic carbocycles. The summed E-state index contributed by atoms with van der Waals surface area (Å²) in [5, 5.41) is 12.0. The quantitative estimate of drug-likeness (QED) is 0.538. The Labute approximate surface area is 158 Å². The van der Waals surface area contributed by atoms with E-state index in [1.807, 2.05) is 5.38 Å². The highest BCUT2D eigenvalue weighted by atomic mass is 32.1. The van der Waals surface area contributed by atoms with Crippen LogP contribution in [0.3, 0.4) is 0 Å². The third-order valence-corrected chi connectivity index (χ3v) is 4.99. The Hall–Kier alpha value is -3.03. The maximum atomic E-state index is 13.3. The number of fused-ring (bicyclic) bond motifs is 1. The smallest absolute Gasteiger partial charge is 0.231 e. The molecule has 0 amide bonds. The molecule has 2 heterocycles. The fourth-order valence-electron chi connectivity index (χ4n) is 2.77. The number of thiophene rings is 1. The first kappa shape index (κ1) is 17.4. The van der Waals surface area contributed by atoms with E-state index in [0.29, 0.717) is 17.4 Å². The molecule has 2 aromatic carbocycles. The molecule has 5 nitrogen and oxygen atoms in total. The molecule has 4 aromatic rings. The predicted octanol–water partition coefficient (Wildman–Crippen LogP) is 4.79. The number of aliphatic hydroxyl groups excluding tert-OH is 1. The molecule has 0 unspecified atom stereocenters. The van der Waals surface area contributed by atoms with Gasteiger partial charge in [0.15, 0.2) is 11.5 Å². The number of hydrogen-bond acceptors (Lipinski definition) is 6. The van der Waals surface area contributed by atoms with Crippen molar-refractivity contribution in [3.8, 4) is 28.5 Å². The summed E-state index contributed by atoms with van der Waals surface area (Å²) in [4.78, 5) is 9.37. The van der Waals surface area contributed by atoms with Crippen LogP contribution >= 0.6 is 11.3 Å². The van der Waals surface area contributed by atoms with Gasteiger partial charge < -0.3 is 14.6 Å². The highest BCUT2D eigenvalue weighted by Gasteiger charge is 2.16. The molecule has 0 atom stereocenters. The van der Waals surface area contributed by atoms with Gasteiger partial charge in [-0.25, -0.2) is 14.4 Å². The minimum atomic E-state index is -0.292. The average molecular weight is 382 g/mol. The number of nitrogens with zero attached hydrogens (tertiary/aromatic N) is 2. The van der Waals surface area contributed by atoms with Gasteiger partial charge >= 0.3 is 0 Å². The van der Waals surface area contributed by atoms with Gasteiger partial charge in [0.05, 0.1) is 19.1 Å². The first-order valence-corrected chi connectivity index (χ1v) is 9.01. The number of methoxy groups -OCH3 is 1. The molecule has 0 saturated heterocycles. The lowest BCUT2D eigenvalue weighted by Crippen LogP contribution is -1.95. The molecule has 7 heteroatoms. The van der Waals surface area contributed by atoms with Crippen LogP contribution in [-0.2, 0) is 6.61 Å². The van der Waals surface area contributed by atoms with Crippen molar-refractivity contribution in [2.45, 2.75) is 6.61 Å². The fraction of sp³-hybridized carbons (Fsp3) is 0.100. The second-order valence-electron chi connectivity index (χ2n) is 5.76. The zero-order valence-corrected chi connectivity index (χ0v) is 15.2. The number of halogens is 1. The van der Waals surface area contributed by atoms with Crippen LogP contribution in [-0.4, -0.2) is 22.2 Å². The van der Waals surface area contributed by atoms with Gasteiger partial charge in [-0.2, -0.15) is 0 Å². The maximum absolute atomic E-state index is 13.3. The first-order valence-electron chi connectivity index (χ1n) is 8.13. The molecule has 0 aliphatic rings. The Morgan fingerprint density at radius 2 is 1.89 bits per heavy atom. The van der Waals surface area contributed by atoms with E-state index in [9.17, 15) is 9.50 Å². The van der Waals surface area contributed by atoms with Gasteiger partial charge in [-0.15, -0.1) is 11.3 Å². The van der Waals surface area contributed by atoms with Crippen LogP contribution in [0.25, 0.3) is 21.3 Å². The van der Waals surface area contributed by atoms with Gasteiger partial charge in [-0.1, -0.05) is 18.2 Å². The van der Waals surface area contributed by atoms with Crippen LogP contribution in [0.5, 0.6) is 17.4 Å². The van der Waals surface area contributed by atoms with E-state index in [2.05, 4.69) is 9.97 Å². The summed E-state index contributed by atoms with van der Waals surface area (Å²) in [5.74, 6) is 1.06. The van der Waals surface area contributed by atoms with E-state index in [0.717, 1.165) is 26.9 Å². The SMILES string of the molecule is COc1cc(CO)ccc1Oc1ncnc2scc(-c3ccc(F)cc3)c12. The standard InChI is InChI=1S/C20H15FN2O3S/c1-25-17-8-12(9-24)2-7-16(17)26-19-18-15(10-27-20(18)23-11-22-19)13-3-5-14(21)6-4-13/h2-8,10-11,24H,9H2,1H3. The van der Waals surface area contributed by atoms with Gasteiger partial charge in [0, 0.05) is 10.9 Å². The van der Waals surface area contributed by atoms with Crippen molar-refractivity contribution < 1.29 is 19.0 Å². The average Bonchev–Trinajstić information content (AvgIpc) is 3.14. The molecule has 2 aromatic heterocycles. The lowest BCUT2D eigenvalue weighted by atomic mass is 10.1. The van der Waals surface area contributed by atoms with Gasteiger partial charge in [0.25, 0.3) is 0 Å². The van der Waals surface area contributed by atoms with Crippen molar-refractivity contribution in [3.05, 3.63) is 65.6 Å². The largest absolute Gasteiger partial charge is 0.493 e. The molecule has 0 saturated carbocycles. The van der Waals surface area contributed by atoms with E-state index in [-0.39, 0.29) is 12.4 Å². The lowest BCUT2D eigenvalue weighted by Gasteiger charge is -2.12. The number of aromatic nitrogens is 2.